The van der Waals surface area contributed by atoms with Crippen LogP contribution < -0.4 is 5.32 Å². The van der Waals surface area contributed by atoms with Crippen LogP contribution in [0.25, 0.3) is 0 Å². The van der Waals surface area contributed by atoms with Crippen LogP contribution in [0.4, 0.5) is 0 Å². The van der Waals surface area contributed by atoms with Gasteiger partial charge in [-0.25, -0.2) is 0 Å². The van der Waals surface area contributed by atoms with Crippen molar-refractivity contribution in [3.63, 3.8) is 0 Å². The van der Waals surface area contributed by atoms with E-state index in [1.54, 1.807) is 0 Å². The summed E-state index contributed by atoms with van der Waals surface area (Å²) in [7, 11) is 3.91. The van der Waals surface area contributed by atoms with Crippen LogP contribution in [0.2, 0.25) is 0 Å². The Labute approximate surface area is 101 Å². The van der Waals surface area contributed by atoms with Crippen molar-refractivity contribution >= 4 is 0 Å². The first kappa shape index (κ1) is 11.9. The van der Waals surface area contributed by atoms with Gasteiger partial charge in [0, 0.05) is 31.5 Å². The third-order valence-corrected chi connectivity index (χ3v) is 2.88. The van der Waals surface area contributed by atoms with Gasteiger partial charge in [0.25, 0.3) is 0 Å². The van der Waals surface area contributed by atoms with Gasteiger partial charge in [0.15, 0.2) is 0 Å². The first-order valence-electron chi connectivity index (χ1n) is 5.93. The van der Waals surface area contributed by atoms with Crippen LogP contribution in [0.15, 0.2) is 24.7 Å². The van der Waals surface area contributed by atoms with E-state index in [0.717, 1.165) is 18.7 Å². The molecule has 0 saturated carbocycles. The molecule has 0 aliphatic carbocycles. The predicted molar refractivity (Wildman–Crippen MR) is 66.6 cm³/mol. The highest BCUT2D eigenvalue weighted by molar-refractivity contribution is 5.23. The zero-order valence-electron chi connectivity index (χ0n) is 10.6. The zero-order chi connectivity index (χ0) is 12.3. The van der Waals surface area contributed by atoms with E-state index in [-0.39, 0.29) is 6.04 Å². The molecule has 0 saturated heterocycles. The number of aryl methyl sites for hydroxylation is 2. The van der Waals surface area contributed by atoms with Crippen molar-refractivity contribution in [2.75, 3.05) is 7.05 Å². The molecule has 0 radical (unpaired) electrons. The number of nitrogens with zero attached hydrogens (tertiary/aromatic N) is 4. The maximum absolute atomic E-state index is 4.36. The van der Waals surface area contributed by atoms with E-state index in [1.807, 2.05) is 41.9 Å². The lowest BCUT2D eigenvalue weighted by Gasteiger charge is -2.14. The molecule has 2 heterocycles. The fourth-order valence-electron chi connectivity index (χ4n) is 2.03. The molecule has 2 aromatic rings. The average molecular weight is 233 g/mol. The second-order valence-electron chi connectivity index (χ2n) is 4.14. The second-order valence-corrected chi connectivity index (χ2v) is 4.14. The molecule has 1 N–H and O–H groups in total. The molecule has 1 unspecified atom stereocenters. The van der Waals surface area contributed by atoms with Gasteiger partial charge in [0.05, 0.1) is 17.9 Å². The Morgan fingerprint density at radius 2 is 2.24 bits per heavy atom. The van der Waals surface area contributed by atoms with Gasteiger partial charge >= 0.3 is 0 Å². The Kier molecular flexibility index (Phi) is 3.58. The second kappa shape index (κ2) is 5.14. The summed E-state index contributed by atoms with van der Waals surface area (Å²) in [6.45, 7) is 3.11. The van der Waals surface area contributed by atoms with E-state index in [2.05, 4.69) is 28.6 Å². The fraction of sp³-hybridized carbons (Fsp3) is 0.500. The molecule has 0 amide bonds. The van der Waals surface area contributed by atoms with Crippen LogP contribution in [-0.4, -0.2) is 26.6 Å². The van der Waals surface area contributed by atoms with Gasteiger partial charge in [-0.05, 0) is 19.5 Å². The van der Waals surface area contributed by atoms with E-state index in [0.29, 0.717) is 0 Å². The number of hydrogen-bond donors (Lipinski definition) is 1. The molecule has 0 fully saturated rings. The van der Waals surface area contributed by atoms with Crippen LogP contribution in [-0.2, 0) is 13.6 Å². The third kappa shape index (κ3) is 2.39. The van der Waals surface area contributed by atoms with Gasteiger partial charge < -0.3 is 5.32 Å². The molecule has 5 nitrogen and oxygen atoms in total. The molecule has 0 bridgehead atoms. The van der Waals surface area contributed by atoms with Gasteiger partial charge in [-0.2, -0.15) is 10.2 Å². The third-order valence-electron chi connectivity index (χ3n) is 2.88. The molecule has 0 aliphatic rings. The largest absolute Gasteiger partial charge is 0.308 e. The van der Waals surface area contributed by atoms with E-state index >= 15 is 0 Å². The summed E-state index contributed by atoms with van der Waals surface area (Å²) in [6, 6.07) is 2.17. The molecule has 0 aromatic carbocycles. The Bertz CT molecular complexity index is 471. The van der Waals surface area contributed by atoms with Crippen LogP contribution in [0.3, 0.4) is 0 Å². The minimum absolute atomic E-state index is 0.146. The molecule has 0 aliphatic heterocycles. The molecular formula is C12H19N5. The van der Waals surface area contributed by atoms with Gasteiger partial charge in [0.2, 0.25) is 0 Å². The topological polar surface area (TPSA) is 47.7 Å². The zero-order valence-corrected chi connectivity index (χ0v) is 10.6. The number of rotatable bonds is 5. The highest BCUT2D eigenvalue weighted by Crippen LogP contribution is 2.20. The Hall–Kier alpha value is -1.62. The summed E-state index contributed by atoms with van der Waals surface area (Å²) in [5, 5.41) is 11.9. The van der Waals surface area contributed by atoms with Crippen LogP contribution in [0.1, 0.15) is 30.6 Å². The predicted octanol–water partition coefficient (Wildman–Crippen LogP) is 1.34. The smallest absolute Gasteiger partial charge is 0.0776 e. The summed E-state index contributed by atoms with van der Waals surface area (Å²) < 4.78 is 3.87. The molecule has 92 valence electrons. The van der Waals surface area contributed by atoms with Gasteiger partial charge in [-0.3, -0.25) is 9.36 Å². The van der Waals surface area contributed by atoms with Crippen LogP contribution >= 0.6 is 0 Å². The molecule has 0 spiro atoms. The summed E-state index contributed by atoms with van der Waals surface area (Å²) in [5.74, 6) is 0. The molecule has 17 heavy (non-hydrogen) atoms. The lowest BCUT2D eigenvalue weighted by molar-refractivity contribution is 0.592. The van der Waals surface area contributed by atoms with Gasteiger partial charge in [-0.1, -0.05) is 6.92 Å². The highest BCUT2D eigenvalue weighted by Gasteiger charge is 2.16. The van der Waals surface area contributed by atoms with Crippen molar-refractivity contribution in [2.24, 2.45) is 7.05 Å². The van der Waals surface area contributed by atoms with Crippen molar-refractivity contribution in [3.05, 3.63) is 35.9 Å². The van der Waals surface area contributed by atoms with Gasteiger partial charge in [0.1, 0.15) is 0 Å². The molecule has 2 rings (SSSR count). The maximum Gasteiger partial charge on any atom is 0.0776 e. The minimum atomic E-state index is 0.146. The standard InChI is InChI=1S/C12H19N5/c1-4-7-17-9-10(8-15-17)12(13-2)11-5-6-14-16(11)3/h5-6,8-9,12-13H,4,7H2,1-3H3. The normalized spacial score (nSPS) is 12.9. The molecule has 2 aromatic heterocycles. The Morgan fingerprint density at radius 3 is 2.82 bits per heavy atom. The Balaban J connectivity index is 2.26. The summed E-state index contributed by atoms with van der Waals surface area (Å²) in [6.07, 6.45) is 6.93. The van der Waals surface area contributed by atoms with Crippen molar-refractivity contribution in [1.29, 1.82) is 0 Å². The van der Waals surface area contributed by atoms with Crippen LogP contribution in [0.5, 0.6) is 0 Å². The SMILES string of the molecule is CCCn1cc(C(NC)c2ccnn2C)cn1. The number of hydrogen-bond acceptors (Lipinski definition) is 3. The maximum atomic E-state index is 4.36. The number of aromatic nitrogens is 4. The van der Waals surface area contributed by atoms with Crippen molar-refractivity contribution in [2.45, 2.75) is 25.9 Å². The summed E-state index contributed by atoms with van der Waals surface area (Å²) >= 11 is 0. The van der Waals surface area contributed by atoms with Crippen molar-refractivity contribution in [1.82, 2.24) is 24.9 Å². The van der Waals surface area contributed by atoms with Gasteiger partial charge in [-0.15, -0.1) is 0 Å². The first-order valence-corrected chi connectivity index (χ1v) is 5.93. The molecule has 1 atom stereocenters. The van der Waals surface area contributed by atoms with Crippen molar-refractivity contribution in [3.8, 4) is 0 Å². The summed E-state index contributed by atoms with van der Waals surface area (Å²) in [5.41, 5.74) is 2.31. The average Bonchev–Trinajstić information content (AvgIpc) is 2.92. The first-order chi connectivity index (χ1) is 8.26. The lowest BCUT2D eigenvalue weighted by atomic mass is 10.1. The molecular weight excluding hydrogens is 214 g/mol. The van der Waals surface area contributed by atoms with E-state index in [1.165, 1.54) is 5.56 Å². The lowest BCUT2D eigenvalue weighted by Crippen LogP contribution is -2.20. The van der Waals surface area contributed by atoms with E-state index in [9.17, 15) is 0 Å². The number of nitrogens with one attached hydrogen (secondary N) is 1. The van der Waals surface area contributed by atoms with E-state index in [4.69, 9.17) is 0 Å². The summed E-state index contributed by atoms with van der Waals surface area (Å²) in [4.78, 5) is 0. The highest BCUT2D eigenvalue weighted by atomic mass is 15.3. The van der Waals surface area contributed by atoms with E-state index < -0.39 is 0 Å². The van der Waals surface area contributed by atoms with Crippen LogP contribution in [0, 0.1) is 0 Å². The quantitative estimate of drug-likeness (QED) is 0.847. The molecule has 5 heteroatoms. The minimum Gasteiger partial charge on any atom is -0.308 e. The van der Waals surface area contributed by atoms with Crippen molar-refractivity contribution < 1.29 is 0 Å². The Morgan fingerprint density at radius 1 is 1.41 bits per heavy atom. The monoisotopic (exact) mass is 233 g/mol. The fourth-order valence-corrected chi connectivity index (χ4v) is 2.03.